The minimum atomic E-state index is -2.03. The van der Waals surface area contributed by atoms with Gasteiger partial charge in [0.15, 0.2) is 0 Å². The molecule has 0 fully saturated rings. The van der Waals surface area contributed by atoms with Crippen molar-refractivity contribution in [2.24, 2.45) is 5.90 Å². The molecule has 0 radical (unpaired) electrons. The molecule has 0 aliphatic heterocycles. The maximum Gasteiger partial charge on any atom is 0.116 e. The molecule has 3 aromatic rings. The molecule has 126 valence electrons. The van der Waals surface area contributed by atoms with Gasteiger partial charge >= 0.3 is 0 Å². The molecule has 0 spiro atoms. The average molecular weight is 349 g/mol. The summed E-state index contributed by atoms with van der Waals surface area (Å²) >= 11 is 0. The van der Waals surface area contributed by atoms with Crippen LogP contribution in [0.1, 0.15) is 0 Å². The first-order chi connectivity index (χ1) is 12.3. The molecule has 0 saturated heterocycles. The maximum absolute atomic E-state index is 11.8. The van der Waals surface area contributed by atoms with Crippen LogP contribution in [0, 0.1) is 0 Å². The van der Waals surface area contributed by atoms with Crippen molar-refractivity contribution in [2.45, 2.75) is 0 Å². The molecule has 3 nitrogen and oxygen atoms in total. The van der Waals surface area contributed by atoms with Gasteiger partial charge in [-0.3, -0.25) is 5.90 Å². The summed E-state index contributed by atoms with van der Waals surface area (Å²) in [6.07, 6.45) is 2.11. The van der Waals surface area contributed by atoms with Crippen molar-refractivity contribution < 1.29 is 9.94 Å². The summed E-state index contributed by atoms with van der Waals surface area (Å²) in [6.45, 7) is 0. The molecule has 0 aromatic heterocycles. The summed E-state index contributed by atoms with van der Waals surface area (Å²) in [5, 5.41) is 15.4. The third kappa shape index (κ3) is 3.58. The highest BCUT2D eigenvalue weighted by molar-refractivity contribution is 7.95. The number of allylic oxidation sites excluding steroid dienone is 1. The normalized spacial score (nSPS) is 12.0. The van der Waals surface area contributed by atoms with Gasteiger partial charge in [0, 0.05) is 0 Å². The number of hydrogen-bond donors (Lipinski definition) is 1. The van der Waals surface area contributed by atoms with Crippen LogP contribution in [-0.2, 0) is 4.84 Å². The molecular formula is C21H20NO2P. The highest BCUT2D eigenvalue weighted by Crippen LogP contribution is 2.55. The van der Waals surface area contributed by atoms with E-state index in [-0.39, 0.29) is 0 Å². The quantitative estimate of drug-likeness (QED) is 0.421. The van der Waals surface area contributed by atoms with E-state index in [0.29, 0.717) is 6.16 Å². The molecule has 3 rings (SSSR count). The number of rotatable bonds is 6. The van der Waals surface area contributed by atoms with Crippen molar-refractivity contribution in [1.82, 2.24) is 0 Å². The Morgan fingerprint density at radius 1 is 0.760 bits per heavy atom. The van der Waals surface area contributed by atoms with Crippen molar-refractivity contribution in [3.05, 3.63) is 103 Å². The Kier molecular flexibility index (Phi) is 5.49. The summed E-state index contributed by atoms with van der Waals surface area (Å²) in [5.41, 5.74) is 0. The Labute approximate surface area is 148 Å². The van der Waals surface area contributed by atoms with Crippen LogP contribution >= 0.6 is 7.26 Å². The Hall–Kier alpha value is -2.61. The van der Waals surface area contributed by atoms with Gasteiger partial charge in [-0.1, -0.05) is 54.6 Å². The zero-order valence-electron chi connectivity index (χ0n) is 13.8. The third-order valence-electron chi connectivity index (χ3n) is 4.24. The fraction of sp³-hybridized carbons (Fsp3) is 0.0476. The fourth-order valence-electron chi connectivity index (χ4n) is 3.07. The van der Waals surface area contributed by atoms with Crippen LogP contribution < -0.4 is 26.9 Å². The van der Waals surface area contributed by atoms with E-state index >= 15 is 0 Å². The molecule has 25 heavy (non-hydrogen) atoms. The lowest BCUT2D eigenvalue weighted by atomic mass is 10.4. The SMILES string of the molecule is NO/C([O-])=C/C[P+](c1ccccc1)(c1ccccc1)c1ccccc1. The Balaban J connectivity index is 2.27. The fourth-order valence-corrected chi connectivity index (χ4v) is 7.06. The average Bonchev–Trinajstić information content (AvgIpc) is 2.71. The number of nitrogens with two attached hydrogens (primary N) is 1. The molecule has 0 atom stereocenters. The molecule has 0 amide bonds. The van der Waals surface area contributed by atoms with Crippen molar-refractivity contribution >= 4 is 23.2 Å². The standard InChI is InChI=1S/C21H20NO2P/c22-24-21(23)16-17-25(18-10-4-1-5-11-18,19-12-6-2-7-13-19)20-14-8-3-9-15-20/h1-16H,17,22H2/b21-16+. The number of hydrogen-bond acceptors (Lipinski definition) is 3. The lowest BCUT2D eigenvalue weighted by molar-refractivity contribution is -0.358. The maximum atomic E-state index is 11.8. The highest BCUT2D eigenvalue weighted by Gasteiger charge is 2.44. The van der Waals surface area contributed by atoms with Gasteiger partial charge in [-0.15, -0.1) is 0 Å². The molecule has 0 bridgehead atoms. The molecule has 3 aromatic carbocycles. The zero-order valence-corrected chi connectivity index (χ0v) is 14.7. The first kappa shape index (κ1) is 17.2. The van der Waals surface area contributed by atoms with E-state index in [1.807, 2.05) is 54.6 Å². The van der Waals surface area contributed by atoms with Crippen LogP contribution in [-0.4, -0.2) is 6.16 Å². The summed E-state index contributed by atoms with van der Waals surface area (Å²) in [4.78, 5) is 4.38. The van der Waals surface area contributed by atoms with Gasteiger partial charge in [0.05, 0.1) is 12.1 Å². The van der Waals surface area contributed by atoms with E-state index < -0.39 is 13.2 Å². The second-order valence-electron chi connectivity index (χ2n) is 5.64. The molecular weight excluding hydrogens is 329 g/mol. The van der Waals surface area contributed by atoms with Crippen LogP contribution in [0.25, 0.3) is 0 Å². The van der Waals surface area contributed by atoms with Crippen LogP contribution in [0.2, 0.25) is 0 Å². The molecule has 0 aliphatic carbocycles. The third-order valence-corrected chi connectivity index (χ3v) is 8.51. The Morgan fingerprint density at radius 2 is 1.12 bits per heavy atom. The van der Waals surface area contributed by atoms with Gasteiger partial charge in [-0.2, -0.15) is 0 Å². The van der Waals surface area contributed by atoms with Crippen molar-refractivity contribution in [1.29, 1.82) is 0 Å². The minimum Gasteiger partial charge on any atom is -0.550 e. The van der Waals surface area contributed by atoms with Crippen LogP contribution in [0.3, 0.4) is 0 Å². The zero-order chi connectivity index (χ0) is 17.5. The lowest BCUT2D eigenvalue weighted by Gasteiger charge is -2.27. The van der Waals surface area contributed by atoms with Crippen molar-refractivity contribution in [3.8, 4) is 0 Å². The minimum absolute atomic E-state index is 0.507. The van der Waals surface area contributed by atoms with E-state index in [1.165, 1.54) is 15.9 Å². The first-order valence-electron chi connectivity index (χ1n) is 8.06. The molecule has 0 unspecified atom stereocenters. The van der Waals surface area contributed by atoms with Gasteiger partial charge in [0.25, 0.3) is 0 Å². The van der Waals surface area contributed by atoms with Crippen LogP contribution in [0.5, 0.6) is 0 Å². The van der Waals surface area contributed by atoms with Crippen LogP contribution in [0.15, 0.2) is 103 Å². The predicted octanol–water partition coefficient (Wildman–Crippen LogP) is 2.07. The van der Waals surface area contributed by atoms with E-state index in [0.717, 1.165) is 0 Å². The summed E-state index contributed by atoms with van der Waals surface area (Å²) in [6, 6.07) is 31.1. The van der Waals surface area contributed by atoms with E-state index in [2.05, 4.69) is 41.2 Å². The lowest BCUT2D eigenvalue weighted by Crippen LogP contribution is -2.33. The van der Waals surface area contributed by atoms with Gasteiger partial charge < -0.3 is 9.94 Å². The molecule has 0 saturated carbocycles. The van der Waals surface area contributed by atoms with Crippen molar-refractivity contribution in [3.63, 3.8) is 0 Å². The second kappa shape index (κ2) is 7.98. The topological polar surface area (TPSA) is 58.3 Å². The van der Waals surface area contributed by atoms with Gasteiger partial charge in [0.1, 0.15) is 23.2 Å². The van der Waals surface area contributed by atoms with Crippen molar-refractivity contribution in [2.75, 3.05) is 6.16 Å². The largest absolute Gasteiger partial charge is 0.550 e. The van der Waals surface area contributed by atoms with E-state index in [1.54, 1.807) is 6.08 Å². The monoisotopic (exact) mass is 349 g/mol. The Bertz CT molecular complexity index is 724. The summed E-state index contributed by atoms with van der Waals surface area (Å²) in [5.74, 6) is 4.54. The Morgan fingerprint density at radius 3 is 1.44 bits per heavy atom. The molecule has 4 heteroatoms. The predicted molar refractivity (Wildman–Crippen MR) is 103 cm³/mol. The number of benzene rings is 3. The summed E-state index contributed by atoms with van der Waals surface area (Å²) in [7, 11) is -2.03. The van der Waals surface area contributed by atoms with E-state index in [9.17, 15) is 5.11 Å². The van der Waals surface area contributed by atoms with Crippen LogP contribution in [0.4, 0.5) is 0 Å². The van der Waals surface area contributed by atoms with E-state index in [4.69, 9.17) is 5.90 Å². The van der Waals surface area contributed by atoms with Gasteiger partial charge in [0.2, 0.25) is 0 Å². The smallest absolute Gasteiger partial charge is 0.116 e. The first-order valence-corrected chi connectivity index (χ1v) is 10.0. The molecule has 0 aliphatic rings. The molecule has 2 N–H and O–H groups in total. The summed E-state index contributed by atoms with van der Waals surface area (Å²) < 4.78 is 0. The molecule has 0 heterocycles. The second-order valence-corrected chi connectivity index (χ2v) is 9.17. The van der Waals surface area contributed by atoms with Gasteiger partial charge in [-0.25, -0.2) is 0 Å². The van der Waals surface area contributed by atoms with Gasteiger partial charge in [-0.05, 0) is 42.5 Å². The highest BCUT2D eigenvalue weighted by atomic mass is 31.2.